The maximum atomic E-state index is 12.1. The van der Waals surface area contributed by atoms with E-state index in [1.54, 1.807) is 0 Å². The Balaban J connectivity index is 1.47. The summed E-state index contributed by atoms with van der Waals surface area (Å²) in [5, 5.41) is 4.20. The van der Waals surface area contributed by atoms with Crippen molar-refractivity contribution < 1.29 is 4.79 Å². The second-order valence-electron chi connectivity index (χ2n) is 6.73. The van der Waals surface area contributed by atoms with Crippen molar-refractivity contribution in [1.82, 2.24) is 15.4 Å². The number of aromatic nitrogens is 2. The number of nitrogens with zero attached hydrogens (tertiary/aromatic N) is 1. The Labute approximate surface area is 166 Å². The van der Waals surface area contributed by atoms with Crippen LogP contribution in [-0.2, 0) is 17.6 Å². The number of rotatable bonds is 4. The first kappa shape index (κ1) is 18.1. The molecule has 7 heteroatoms. The molecule has 0 saturated carbocycles. The number of carbonyl (C=O) groups is 1. The molecule has 0 radical (unpaired) electrons. The number of hydrazone groups is 1. The highest BCUT2D eigenvalue weighted by atomic mass is 32.1. The molecule has 0 saturated heterocycles. The van der Waals surface area contributed by atoms with Gasteiger partial charge in [-0.1, -0.05) is 36.4 Å². The molecule has 1 aliphatic carbocycles. The minimum Gasteiger partial charge on any atom is -0.335 e. The van der Waals surface area contributed by atoms with Gasteiger partial charge in [0.05, 0.1) is 12.1 Å². The molecule has 3 aromatic rings. The van der Waals surface area contributed by atoms with Gasteiger partial charge in [0.1, 0.15) is 0 Å². The van der Waals surface area contributed by atoms with Gasteiger partial charge in [0.2, 0.25) is 5.91 Å². The minimum absolute atomic E-state index is 0.0101. The third-order valence-corrected chi connectivity index (χ3v) is 4.93. The lowest BCUT2D eigenvalue weighted by molar-refractivity contribution is -0.120. The largest absolute Gasteiger partial charge is 0.335 e. The summed E-state index contributed by atoms with van der Waals surface area (Å²) in [6, 6.07) is 15.9. The number of benzene rings is 2. The molecule has 28 heavy (non-hydrogen) atoms. The molecule has 2 aromatic carbocycles. The van der Waals surface area contributed by atoms with E-state index in [4.69, 9.17) is 12.2 Å². The SMILES string of the molecule is C/C(=N/NC(=O)Cc1cc(=O)[nH]c(=S)[nH]1)c1ccc2c(c1)Cc1ccccc1-2. The molecule has 0 aliphatic heterocycles. The van der Waals surface area contributed by atoms with Gasteiger partial charge in [0.25, 0.3) is 5.56 Å². The molecule has 0 spiro atoms. The standard InChI is InChI=1S/C21H18N4O2S/c1-12(24-25-20(27)11-16-10-19(26)23-21(28)22-16)13-6-7-18-15(8-13)9-14-4-2-3-5-17(14)18/h2-8,10H,9,11H2,1H3,(H,25,27)(H2,22,23,26,28)/b24-12-. The number of hydrogen-bond donors (Lipinski definition) is 3. The second kappa shape index (κ2) is 7.36. The zero-order chi connectivity index (χ0) is 19.7. The highest BCUT2D eigenvalue weighted by molar-refractivity contribution is 7.71. The Kier molecular flexibility index (Phi) is 4.75. The predicted octanol–water partition coefficient (Wildman–Crippen LogP) is 3.09. The molecule has 6 nitrogen and oxygen atoms in total. The van der Waals surface area contributed by atoms with Crippen molar-refractivity contribution in [1.29, 1.82) is 0 Å². The van der Waals surface area contributed by atoms with Crippen LogP contribution in [0.5, 0.6) is 0 Å². The van der Waals surface area contributed by atoms with E-state index in [1.165, 1.54) is 28.3 Å². The summed E-state index contributed by atoms with van der Waals surface area (Å²) in [6.07, 6.45) is 0.893. The van der Waals surface area contributed by atoms with E-state index in [0.29, 0.717) is 11.4 Å². The second-order valence-corrected chi connectivity index (χ2v) is 7.14. The number of nitrogens with one attached hydrogen (secondary N) is 3. The van der Waals surface area contributed by atoms with Crippen LogP contribution in [0, 0.1) is 4.77 Å². The van der Waals surface area contributed by atoms with E-state index in [2.05, 4.69) is 56.9 Å². The quantitative estimate of drug-likeness (QED) is 0.284. The van der Waals surface area contributed by atoms with Crippen LogP contribution in [-0.4, -0.2) is 21.6 Å². The van der Waals surface area contributed by atoms with Crippen LogP contribution >= 0.6 is 12.2 Å². The first-order valence-corrected chi connectivity index (χ1v) is 9.27. The third-order valence-electron chi connectivity index (χ3n) is 4.73. The van der Waals surface area contributed by atoms with Gasteiger partial charge in [0, 0.05) is 11.8 Å². The van der Waals surface area contributed by atoms with Crippen molar-refractivity contribution >= 4 is 23.8 Å². The van der Waals surface area contributed by atoms with Crippen molar-refractivity contribution in [2.75, 3.05) is 0 Å². The number of aromatic amines is 2. The average Bonchev–Trinajstić information content (AvgIpc) is 3.03. The predicted molar refractivity (Wildman–Crippen MR) is 111 cm³/mol. The molecule has 1 aliphatic rings. The Morgan fingerprint density at radius 2 is 1.89 bits per heavy atom. The molecule has 1 aromatic heterocycles. The van der Waals surface area contributed by atoms with Crippen LogP contribution in [0.2, 0.25) is 0 Å². The molecule has 140 valence electrons. The molecule has 1 heterocycles. The fourth-order valence-corrected chi connectivity index (χ4v) is 3.64. The minimum atomic E-state index is -0.342. The Hall–Kier alpha value is -3.32. The van der Waals surface area contributed by atoms with Crippen molar-refractivity contribution in [2.24, 2.45) is 5.10 Å². The zero-order valence-electron chi connectivity index (χ0n) is 15.2. The zero-order valence-corrected chi connectivity index (χ0v) is 16.0. The van der Waals surface area contributed by atoms with E-state index in [-0.39, 0.29) is 22.7 Å². The average molecular weight is 390 g/mol. The number of H-pyrrole nitrogens is 2. The van der Waals surface area contributed by atoms with Crippen LogP contribution < -0.4 is 11.0 Å². The molecule has 0 bridgehead atoms. The lowest BCUT2D eigenvalue weighted by atomic mass is 10.0. The van der Waals surface area contributed by atoms with Gasteiger partial charge in [-0.05, 0) is 59.4 Å². The molecular formula is C21H18N4O2S. The molecule has 3 N–H and O–H groups in total. The van der Waals surface area contributed by atoms with Crippen LogP contribution in [0.25, 0.3) is 11.1 Å². The van der Waals surface area contributed by atoms with E-state index in [0.717, 1.165) is 12.0 Å². The Morgan fingerprint density at radius 1 is 1.11 bits per heavy atom. The number of fused-ring (bicyclic) bond motifs is 3. The first-order chi connectivity index (χ1) is 13.5. The monoisotopic (exact) mass is 390 g/mol. The molecule has 0 fully saturated rings. The van der Waals surface area contributed by atoms with Gasteiger partial charge < -0.3 is 4.98 Å². The van der Waals surface area contributed by atoms with Crippen molar-refractivity contribution in [3.05, 3.63) is 86.0 Å². The number of carbonyl (C=O) groups excluding carboxylic acids is 1. The maximum Gasteiger partial charge on any atom is 0.251 e. The summed E-state index contributed by atoms with van der Waals surface area (Å²) in [5.41, 5.74) is 9.42. The lowest BCUT2D eigenvalue weighted by Gasteiger charge is -2.06. The topological polar surface area (TPSA) is 90.1 Å². The molecule has 4 rings (SSSR count). The van der Waals surface area contributed by atoms with E-state index < -0.39 is 0 Å². The fourth-order valence-electron chi connectivity index (χ4n) is 3.41. The summed E-state index contributed by atoms with van der Waals surface area (Å²) in [7, 11) is 0. The summed E-state index contributed by atoms with van der Waals surface area (Å²) in [6.45, 7) is 1.85. The molecular weight excluding hydrogens is 372 g/mol. The highest BCUT2D eigenvalue weighted by Crippen LogP contribution is 2.36. The summed E-state index contributed by atoms with van der Waals surface area (Å²) < 4.78 is 0.189. The van der Waals surface area contributed by atoms with Crippen molar-refractivity contribution in [3.8, 4) is 11.1 Å². The van der Waals surface area contributed by atoms with Gasteiger partial charge in [-0.15, -0.1) is 0 Å². The molecule has 0 atom stereocenters. The van der Waals surface area contributed by atoms with E-state index in [9.17, 15) is 9.59 Å². The Bertz CT molecular complexity index is 1200. The van der Waals surface area contributed by atoms with Crippen LogP contribution in [0.4, 0.5) is 0 Å². The van der Waals surface area contributed by atoms with Gasteiger partial charge in [0.15, 0.2) is 4.77 Å². The van der Waals surface area contributed by atoms with Crippen molar-refractivity contribution in [3.63, 3.8) is 0 Å². The number of amides is 1. The van der Waals surface area contributed by atoms with Gasteiger partial charge >= 0.3 is 0 Å². The van der Waals surface area contributed by atoms with Gasteiger partial charge in [-0.2, -0.15) is 5.10 Å². The van der Waals surface area contributed by atoms with Gasteiger partial charge in [-0.3, -0.25) is 14.6 Å². The van der Waals surface area contributed by atoms with Crippen molar-refractivity contribution in [2.45, 2.75) is 19.8 Å². The van der Waals surface area contributed by atoms with Gasteiger partial charge in [-0.25, -0.2) is 5.43 Å². The smallest absolute Gasteiger partial charge is 0.251 e. The summed E-state index contributed by atoms with van der Waals surface area (Å²) >= 11 is 4.90. The highest BCUT2D eigenvalue weighted by Gasteiger charge is 2.18. The van der Waals surface area contributed by atoms with Crippen LogP contribution in [0.3, 0.4) is 0 Å². The molecule has 1 amide bonds. The molecule has 0 unspecified atom stereocenters. The Morgan fingerprint density at radius 3 is 2.71 bits per heavy atom. The normalized spacial score (nSPS) is 12.4. The summed E-state index contributed by atoms with van der Waals surface area (Å²) in [5.74, 6) is -0.329. The van der Waals surface area contributed by atoms with E-state index in [1.807, 2.05) is 13.0 Å². The van der Waals surface area contributed by atoms with Crippen LogP contribution in [0.1, 0.15) is 29.3 Å². The fraction of sp³-hybridized carbons (Fsp3) is 0.143. The first-order valence-electron chi connectivity index (χ1n) is 8.87. The number of hydrogen-bond acceptors (Lipinski definition) is 4. The summed E-state index contributed by atoms with van der Waals surface area (Å²) in [4.78, 5) is 28.8. The maximum absolute atomic E-state index is 12.1. The third kappa shape index (κ3) is 3.70. The lowest BCUT2D eigenvalue weighted by Crippen LogP contribution is -2.23. The van der Waals surface area contributed by atoms with E-state index >= 15 is 0 Å². The van der Waals surface area contributed by atoms with Crippen LogP contribution in [0.15, 0.2) is 58.4 Å².